The fourth-order valence-corrected chi connectivity index (χ4v) is 0. The van der Waals surface area contributed by atoms with Gasteiger partial charge in [0, 0.05) is 0 Å². The summed E-state index contributed by atoms with van der Waals surface area (Å²) in [5, 5.41) is 0. The van der Waals surface area contributed by atoms with E-state index in [9.17, 15) is 4.79 Å². The molecule has 0 saturated carbocycles. The van der Waals surface area contributed by atoms with Crippen LogP contribution in [0.2, 0.25) is 0 Å². The molecule has 0 aromatic rings. The smallest absolute Gasteiger partial charge is 0.215 e. The number of carbonyl (C=O) groups excluding carboxylic acids is 1. The largest absolute Gasteiger partial charge is 0.289 e. The van der Waals surface area contributed by atoms with Gasteiger partial charge in [0.05, 0.1) is 3.42 Å². The van der Waals surface area contributed by atoms with Gasteiger partial charge in [-0.05, 0) is 13.8 Å². The topological polar surface area (TPSA) is 17.1 Å². The van der Waals surface area contributed by atoms with Crippen molar-refractivity contribution in [2.45, 2.75) is 17.3 Å². The summed E-state index contributed by atoms with van der Waals surface area (Å²) in [4.78, 5) is 9.69. The second kappa shape index (κ2) is 1.91. The third kappa shape index (κ3) is 4.40. The van der Waals surface area contributed by atoms with Gasteiger partial charge in [-0.15, -0.1) is 0 Å². The summed E-state index contributed by atoms with van der Waals surface area (Å²) in [6.07, 6.45) is 1.84. The molecular formula is C4H6IO. The van der Waals surface area contributed by atoms with Crippen molar-refractivity contribution < 1.29 is 4.79 Å². The second-order valence-corrected chi connectivity index (χ2v) is 4.27. The lowest BCUT2D eigenvalue weighted by molar-refractivity contribution is 0.545. The first kappa shape index (κ1) is 6.40. The quantitative estimate of drug-likeness (QED) is 0.457. The molecular weight excluding hydrogens is 191 g/mol. The van der Waals surface area contributed by atoms with Gasteiger partial charge in [-0.1, -0.05) is 22.6 Å². The lowest BCUT2D eigenvalue weighted by atomic mass is 10.3. The van der Waals surface area contributed by atoms with Gasteiger partial charge in [-0.3, -0.25) is 4.79 Å². The van der Waals surface area contributed by atoms with E-state index in [0.29, 0.717) is 0 Å². The van der Waals surface area contributed by atoms with E-state index < -0.39 is 0 Å². The Hall–Kier alpha value is 0.400. The van der Waals surface area contributed by atoms with Gasteiger partial charge in [0.1, 0.15) is 0 Å². The molecule has 0 aromatic carbocycles. The number of halogens is 1. The lowest BCUT2D eigenvalue weighted by Gasteiger charge is -1.99. The van der Waals surface area contributed by atoms with Crippen LogP contribution in [-0.4, -0.2) is 9.71 Å². The Morgan fingerprint density at radius 1 is 1.67 bits per heavy atom. The van der Waals surface area contributed by atoms with Crippen LogP contribution in [0.1, 0.15) is 13.8 Å². The van der Waals surface area contributed by atoms with Crippen molar-refractivity contribution in [2.24, 2.45) is 0 Å². The van der Waals surface area contributed by atoms with Crippen molar-refractivity contribution in [2.75, 3.05) is 0 Å². The fourth-order valence-electron chi connectivity index (χ4n) is 0. The number of hydrogen-bond acceptors (Lipinski definition) is 1. The third-order valence-electron chi connectivity index (χ3n) is 0.243. The predicted octanol–water partition coefficient (Wildman–Crippen LogP) is 1.31. The molecule has 0 heterocycles. The van der Waals surface area contributed by atoms with Crippen molar-refractivity contribution in [3.8, 4) is 0 Å². The Balaban J connectivity index is 3.45. The minimum Gasteiger partial charge on any atom is -0.289 e. The Morgan fingerprint density at radius 3 is 1.83 bits per heavy atom. The summed E-state index contributed by atoms with van der Waals surface area (Å²) in [5.41, 5.74) is 0. The van der Waals surface area contributed by atoms with Gasteiger partial charge in [0.25, 0.3) is 0 Å². The molecule has 0 amide bonds. The number of alkyl halides is 1. The molecule has 0 aliphatic rings. The highest BCUT2D eigenvalue weighted by Crippen LogP contribution is 2.10. The van der Waals surface area contributed by atoms with Gasteiger partial charge >= 0.3 is 0 Å². The summed E-state index contributed by atoms with van der Waals surface area (Å²) >= 11 is 2.02. The third-order valence-corrected chi connectivity index (χ3v) is 0.463. The van der Waals surface area contributed by atoms with Gasteiger partial charge < -0.3 is 0 Å². The minimum absolute atomic E-state index is 0.294. The first-order valence-electron chi connectivity index (χ1n) is 1.64. The summed E-state index contributed by atoms with van der Waals surface area (Å²) in [7, 11) is 0. The number of rotatable bonds is 1. The van der Waals surface area contributed by atoms with E-state index in [0.717, 1.165) is 0 Å². The molecule has 0 aliphatic carbocycles. The van der Waals surface area contributed by atoms with Gasteiger partial charge in [-0.25, -0.2) is 0 Å². The van der Waals surface area contributed by atoms with Crippen LogP contribution < -0.4 is 0 Å². The van der Waals surface area contributed by atoms with Gasteiger partial charge in [0.15, 0.2) is 0 Å². The Bertz CT molecular complexity index is 53.1. The molecule has 2 heteroatoms. The zero-order valence-electron chi connectivity index (χ0n) is 3.79. The van der Waals surface area contributed by atoms with Crippen LogP contribution in [0.5, 0.6) is 0 Å². The van der Waals surface area contributed by atoms with Crippen molar-refractivity contribution in [1.82, 2.24) is 0 Å². The van der Waals surface area contributed by atoms with E-state index in [4.69, 9.17) is 0 Å². The van der Waals surface area contributed by atoms with E-state index in [1.807, 2.05) is 28.9 Å². The highest BCUT2D eigenvalue weighted by atomic mass is 127. The van der Waals surface area contributed by atoms with Crippen molar-refractivity contribution in [3.05, 3.63) is 0 Å². The predicted molar refractivity (Wildman–Crippen MR) is 33.8 cm³/mol. The molecule has 0 bridgehead atoms. The molecule has 0 fully saturated rings. The van der Waals surface area contributed by atoms with E-state index in [2.05, 4.69) is 0 Å². The SMILES string of the molecule is CC(C)(I)[C]=O. The summed E-state index contributed by atoms with van der Waals surface area (Å²) in [6, 6.07) is 0. The monoisotopic (exact) mass is 197 g/mol. The summed E-state index contributed by atoms with van der Waals surface area (Å²) in [5.74, 6) is 0. The average Bonchev–Trinajstić information content (AvgIpc) is 1.35. The molecule has 0 saturated heterocycles. The molecule has 0 rings (SSSR count). The number of hydrogen-bond donors (Lipinski definition) is 0. The van der Waals surface area contributed by atoms with Crippen molar-refractivity contribution in [3.63, 3.8) is 0 Å². The molecule has 6 heavy (non-hydrogen) atoms. The van der Waals surface area contributed by atoms with Gasteiger partial charge in [0.2, 0.25) is 6.29 Å². The second-order valence-electron chi connectivity index (χ2n) is 1.57. The van der Waals surface area contributed by atoms with Crippen molar-refractivity contribution in [1.29, 1.82) is 0 Å². The van der Waals surface area contributed by atoms with E-state index in [-0.39, 0.29) is 3.42 Å². The molecule has 0 unspecified atom stereocenters. The maximum Gasteiger partial charge on any atom is 0.215 e. The molecule has 0 aromatic heterocycles. The molecule has 1 nitrogen and oxygen atoms in total. The Labute approximate surface area is 51.3 Å². The van der Waals surface area contributed by atoms with Crippen LogP contribution in [0.3, 0.4) is 0 Å². The van der Waals surface area contributed by atoms with Crippen LogP contribution >= 0.6 is 22.6 Å². The highest BCUT2D eigenvalue weighted by Gasteiger charge is 2.09. The Kier molecular flexibility index (Phi) is 2.04. The van der Waals surface area contributed by atoms with Crippen LogP contribution in [0.15, 0.2) is 0 Å². The highest BCUT2D eigenvalue weighted by molar-refractivity contribution is 14.1. The van der Waals surface area contributed by atoms with Crippen LogP contribution in [0.25, 0.3) is 0 Å². The minimum atomic E-state index is -0.294. The Morgan fingerprint density at radius 2 is 1.83 bits per heavy atom. The van der Waals surface area contributed by atoms with Gasteiger partial charge in [-0.2, -0.15) is 0 Å². The normalized spacial score (nSPS) is 11.2. The molecule has 35 valence electrons. The molecule has 0 N–H and O–H groups in total. The summed E-state index contributed by atoms with van der Waals surface area (Å²) < 4.78 is -0.294. The first-order chi connectivity index (χ1) is 2.56. The average molecular weight is 197 g/mol. The van der Waals surface area contributed by atoms with Crippen LogP contribution in [0.4, 0.5) is 0 Å². The first-order valence-corrected chi connectivity index (χ1v) is 2.72. The fraction of sp³-hybridized carbons (Fsp3) is 0.750. The standard InChI is InChI=1S/C4H6IO/c1-4(2,5)3-6/h1-2H3. The van der Waals surface area contributed by atoms with E-state index in [1.54, 1.807) is 13.8 Å². The van der Waals surface area contributed by atoms with E-state index >= 15 is 0 Å². The molecule has 1 radical (unpaired) electrons. The zero-order valence-corrected chi connectivity index (χ0v) is 5.94. The van der Waals surface area contributed by atoms with Crippen LogP contribution in [0, 0.1) is 0 Å². The lowest BCUT2D eigenvalue weighted by Crippen LogP contribution is -2.08. The molecule has 0 aliphatic heterocycles. The summed E-state index contributed by atoms with van der Waals surface area (Å²) in [6.45, 7) is 3.61. The van der Waals surface area contributed by atoms with E-state index in [1.165, 1.54) is 0 Å². The zero-order chi connectivity index (χ0) is 5.21. The van der Waals surface area contributed by atoms with Crippen LogP contribution in [-0.2, 0) is 4.79 Å². The maximum absolute atomic E-state index is 9.69. The van der Waals surface area contributed by atoms with Crippen molar-refractivity contribution >= 4 is 28.9 Å². The maximum atomic E-state index is 9.69. The molecule has 0 spiro atoms. The molecule has 0 atom stereocenters.